The summed E-state index contributed by atoms with van der Waals surface area (Å²) in [6.45, 7) is -0.0400. The van der Waals surface area contributed by atoms with Gasteiger partial charge in [-0.25, -0.2) is 14.6 Å². The third-order valence-electron chi connectivity index (χ3n) is 5.65. The lowest BCUT2D eigenvalue weighted by Gasteiger charge is -2.30. The lowest BCUT2D eigenvalue weighted by Crippen LogP contribution is -2.33. The summed E-state index contributed by atoms with van der Waals surface area (Å²) in [5, 5.41) is 23.8. The van der Waals surface area contributed by atoms with Crippen molar-refractivity contribution in [2.24, 2.45) is 0 Å². The Kier molecular flexibility index (Phi) is 6.10. The summed E-state index contributed by atoms with van der Waals surface area (Å²) in [6, 6.07) is 5.52. The van der Waals surface area contributed by atoms with Crippen molar-refractivity contribution < 1.29 is 23.4 Å². The molecule has 0 bridgehead atoms. The van der Waals surface area contributed by atoms with Crippen LogP contribution in [0.2, 0.25) is 0 Å². The molecule has 1 aromatic carbocycles. The van der Waals surface area contributed by atoms with Crippen molar-refractivity contribution in [3.8, 4) is 0 Å². The molecule has 2 N–H and O–H groups in total. The fourth-order valence-electron chi connectivity index (χ4n) is 4.14. The predicted octanol–water partition coefficient (Wildman–Crippen LogP) is 3.15. The number of aromatic nitrogens is 4. The van der Waals surface area contributed by atoms with Crippen LogP contribution in [-0.2, 0) is 19.3 Å². The van der Waals surface area contributed by atoms with Crippen LogP contribution in [-0.4, -0.2) is 48.7 Å². The van der Waals surface area contributed by atoms with Gasteiger partial charge in [0.2, 0.25) is 0 Å². The van der Waals surface area contributed by atoms with Crippen LogP contribution < -0.4 is 4.90 Å². The Hall–Kier alpha value is -2.72. The highest BCUT2D eigenvalue weighted by Gasteiger charge is 2.31. The van der Waals surface area contributed by atoms with E-state index in [0.29, 0.717) is 22.4 Å². The highest BCUT2D eigenvalue weighted by atomic mass is 19.4. The number of rotatable bonds is 7. The summed E-state index contributed by atoms with van der Waals surface area (Å²) in [4.78, 5) is 10.8. The number of halogens is 3. The van der Waals surface area contributed by atoms with E-state index < -0.39 is 24.5 Å². The number of hydrogen-bond donors (Lipinski definition) is 2. The van der Waals surface area contributed by atoms with E-state index in [4.69, 9.17) is 5.11 Å². The van der Waals surface area contributed by atoms with Crippen molar-refractivity contribution in [2.45, 2.75) is 57.1 Å². The van der Waals surface area contributed by atoms with Crippen LogP contribution in [0.5, 0.6) is 0 Å². The molecule has 2 aromatic heterocycles. The summed E-state index contributed by atoms with van der Waals surface area (Å²) in [6.07, 6.45) is 1.60. The van der Waals surface area contributed by atoms with Gasteiger partial charge in [0.05, 0.1) is 36.4 Å². The van der Waals surface area contributed by atoms with Crippen LogP contribution in [0, 0.1) is 0 Å². The van der Waals surface area contributed by atoms with Gasteiger partial charge in [-0.1, -0.05) is 25.0 Å². The highest BCUT2D eigenvalue weighted by Crippen LogP contribution is 2.34. The average Bonchev–Trinajstić information content (AvgIpc) is 3.42. The zero-order valence-corrected chi connectivity index (χ0v) is 16.8. The number of benzene rings is 1. The smallest absolute Gasteiger partial charge is 0.394 e. The summed E-state index contributed by atoms with van der Waals surface area (Å²) < 4.78 is 41.1. The van der Waals surface area contributed by atoms with E-state index in [1.54, 1.807) is 12.3 Å². The molecule has 0 amide bonds. The predicted molar refractivity (Wildman–Crippen MR) is 108 cm³/mol. The van der Waals surface area contributed by atoms with Crippen LogP contribution in [0.15, 0.2) is 36.8 Å². The number of anilines is 1. The maximum Gasteiger partial charge on any atom is 0.416 e. The number of aliphatic hydroxyl groups excluding tert-OH is 2. The molecule has 0 radical (unpaired) electrons. The van der Waals surface area contributed by atoms with Crippen molar-refractivity contribution in [3.63, 3.8) is 0 Å². The third-order valence-corrected chi connectivity index (χ3v) is 5.65. The van der Waals surface area contributed by atoms with E-state index in [1.807, 2.05) is 4.90 Å². The normalized spacial score (nSPS) is 16.2. The van der Waals surface area contributed by atoms with Crippen LogP contribution in [0.3, 0.4) is 0 Å². The van der Waals surface area contributed by atoms with Gasteiger partial charge < -0.3 is 15.1 Å². The lowest BCUT2D eigenvalue weighted by atomic mass is 10.1. The van der Waals surface area contributed by atoms with Crippen molar-refractivity contribution in [3.05, 3.63) is 47.9 Å². The van der Waals surface area contributed by atoms with E-state index in [2.05, 4.69) is 15.1 Å². The number of aliphatic hydroxyl groups is 2. The van der Waals surface area contributed by atoms with Gasteiger partial charge in [-0.05, 0) is 30.5 Å². The SMILES string of the molecule is OCC(O)Cn1ncc2c(N(Cc3cccc(C(F)(F)F)c3)C3CCCC3)ncnc21. The molecule has 1 saturated carbocycles. The molecule has 31 heavy (non-hydrogen) atoms. The third kappa shape index (κ3) is 4.64. The Labute approximate surface area is 177 Å². The first-order valence-corrected chi connectivity index (χ1v) is 10.2. The molecule has 4 rings (SSSR count). The second-order valence-corrected chi connectivity index (χ2v) is 7.86. The van der Waals surface area contributed by atoms with Gasteiger partial charge in [0.15, 0.2) is 5.65 Å². The summed E-state index contributed by atoms with van der Waals surface area (Å²) in [5.41, 5.74) is 0.385. The maximum atomic E-state index is 13.2. The lowest BCUT2D eigenvalue weighted by molar-refractivity contribution is -0.137. The van der Waals surface area contributed by atoms with E-state index in [-0.39, 0.29) is 19.1 Å². The van der Waals surface area contributed by atoms with Crippen LogP contribution in [0.1, 0.15) is 36.8 Å². The number of nitrogens with zero attached hydrogens (tertiary/aromatic N) is 5. The Bertz CT molecular complexity index is 1030. The van der Waals surface area contributed by atoms with Gasteiger partial charge >= 0.3 is 6.18 Å². The zero-order chi connectivity index (χ0) is 22.0. The summed E-state index contributed by atoms with van der Waals surface area (Å²) in [5.74, 6) is 0.610. The van der Waals surface area contributed by atoms with E-state index >= 15 is 0 Å². The molecule has 1 unspecified atom stereocenters. The fraction of sp³-hybridized carbons (Fsp3) is 0.476. The Balaban J connectivity index is 1.71. The topological polar surface area (TPSA) is 87.3 Å². The van der Waals surface area contributed by atoms with Crippen molar-refractivity contribution in [1.29, 1.82) is 0 Å². The molecule has 0 aliphatic heterocycles. The first-order chi connectivity index (χ1) is 14.9. The molecule has 7 nitrogen and oxygen atoms in total. The van der Waals surface area contributed by atoms with Gasteiger partial charge in [0.25, 0.3) is 0 Å². The highest BCUT2D eigenvalue weighted by molar-refractivity contribution is 5.86. The Morgan fingerprint density at radius 2 is 1.97 bits per heavy atom. The first kappa shape index (κ1) is 21.5. The van der Waals surface area contributed by atoms with Gasteiger partial charge in [-0.2, -0.15) is 18.3 Å². The van der Waals surface area contributed by atoms with Crippen molar-refractivity contribution in [2.75, 3.05) is 11.5 Å². The molecule has 1 aliphatic carbocycles. The molecule has 166 valence electrons. The molecular formula is C21H24F3N5O2. The minimum atomic E-state index is -4.40. The van der Waals surface area contributed by atoms with Crippen LogP contribution in [0.25, 0.3) is 11.0 Å². The minimum absolute atomic E-state index is 0.0769. The zero-order valence-electron chi connectivity index (χ0n) is 16.8. The molecule has 0 spiro atoms. The van der Waals surface area contributed by atoms with E-state index in [0.717, 1.165) is 31.7 Å². The van der Waals surface area contributed by atoms with E-state index in [9.17, 15) is 18.3 Å². The molecule has 3 aromatic rings. The quantitative estimate of drug-likeness (QED) is 0.593. The van der Waals surface area contributed by atoms with Gasteiger partial charge in [-0.3, -0.25) is 0 Å². The molecule has 1 fully saturated rings. The molecule has 0 saturated heterocycles. The van der Waals surface area contributed by atoms with E-state index in [1.165, 1.54) is 23.1 Å². The van der Waals surface area contributed by atoms with Crippen LogP contribution in [0.4, 0.5) is 19.0 Å². The van der Waals surface area contributed by atoms with Gasteiger partial charge in [0.1, 0.15) is 12.1 Å². The molecule has 1 aliphatic rings. The summed E-state index contributed by atoms with van der Waals surface area (Å²) >= 11 is 0. The summed E-state index contributed by atoms with van der Waals surface area (Å²) in [7, 11) is 0. The molecule has 1 atom stereocenters. The number of fused-ring (bicyclic) bond motifs is 1. The largest absolute Gasteiger partial charge is 0.416 e. The second kappa shape index (κ2) is 8.80. The second-order valence-electron chi connectivity index (χ2n) is 7.86. The number of hydrogen-bond acceptors (Lipinski definition) is 6. The fourth-order valence-corrected chi connectivity index (χ4v) is 4.14. The monoisotopic (exact) mass is 435 g/mol. The standard InChI is InChI=1S/C21H24F3N5O2/c22-21(23,24)15-5-3-4-14(8-15)10-28(16-6-1-2-7-16)19-18-9-27-29(11-17(31)12-30)20(18)26-13-25-19/h3-5,8-9,13,16-17,30-31H,1-2,6-7,10-12H2. The Morgan fingerprint density at radius 1 is 1.19 bits per heavy atom. The average molecular weight is 435 g/mol. The number of alkyl halides is 3. The molecular weight excluding hydrogens is 411 g/mol. The first-order valence-electron chi connectivity index (χ1n) is 10.2. The maximum absolute atomic E-state index is 13.2. The van der Waals surface area contributed by atoms with Crippen molar-refractivity contribution >= 4 is 16.9 Å². The van der Waals surface area contributed by atoms with Gasteiger partial charge in [-0.15, -0.1) is 0 Å². The Morgan fingerprint density at radius 3 is 2.68 bits per heavy atom. The minimum Gasteiger partial charge on any atom is -0.394 e. The van der Waals surface area contributed by atoms with Gasteiger partial charge in [0, 0.05) is 12.6 Å². The van der Waals surface area contributed by atoms with Crippen molar-refractivity contribution in [1.82, 2.24) is 19.7 Å². The molecule has 2 heterocycles. The molecule has 10 heteroatoms. The van der Waals surface area contributed by atoms with Crippen LogP contribution >= 0.6 is 0 Å².